The van der Waals surface area contributed by atoms with E-state index in [1.807, 2.05) is 38.1 Å². The smallest absolute Gasteiger partial charge is 0.138 e. The second-order valence-electron chi connectivity index (χ2n) is 3.78. The topological polar surface area (TPSA) is 58.1 Å². The maximum atomic E-state index is 9.11. The number of aliphatic hydroxyl groups excluding tert-OH is 1. The minimum Gasteiger partial charge on any atom is -0.494 e. The lowest BCUT2D eigenvalue weighted by Crippen LogP contribution is -1.91. The predicted octanol–water partition coefficient (Wildman–Crippen LogP) is 2.28. The van der Waals surface area contributed by atoms with Crippen LogP contribution < -0.4 is 4.74 Å². The zero-order chi connectivity index (χ0) is 12.3. The van der Waals surface area contributed by atoms with Crippen molar-refractivity contribution >= 4 is 0 Å². The molecule has 0 atom stereocenters. The van der Waals surface area contributed by atoms with Gasteiger partial charge in [0, 0.05) is 11.3 Å². The second-order valence-corrected chi connectivity index (χ2v) is 3.78. The summed E-state index contributed by atoms with van der Waals surface area (Å²) in [6.07, 6.45) is 0. The van der Waals surface area contributed by atoms with E-state index in [4.69, 9.17) is 9.84 Å². The van der Waals surface area contributed by atoms with E-state index in [9.17, 15) is 0 Å². The van der Waals surface area contributed by atoms with Crippen molar-refractivity contribution in [3.8, 4) is 17.1 Å². The quantitative estimate of drug-likeness (QED) is 0.850. The highest BCUT2D eigenvalue weighted by atomic mass is 16.5. The zero-order valence-electron chi connectivity index (χ0n) is 10.0. The molecule has 2 rings (SSSR count). The number of aliphatic hydroxyl groups is 1. The largest absolute Gasteiger partial charge is 0.494 e. The van der Waals surface area contributed by atoms with Crippen molar-refractivity contribution in [3.05, 3.63) is 35.7 Å². The third-order valence-corrected chi connectivity index (χ3v) is 2.55. The molecule has 2 N–H and O–H groups in total. The summed E-state index contributed by atoms with van der Waals surface area (Å²) in [5.41, 5.74) is 2.53. The molecule has 0 unspecified atom stereocenters. The van der Waals surface area contributed by atoms with Gasteiger partial charge in [-0.2, -0.15) is 0 Å². The van der Waals surface area contributed by atoms with Crippen molar-refractivity contribution in [2.45, 2.75) is 20.5 Å². The lowest BCUT2D eigenvalue weighted by atomic mass is 10.2. The SMILES string of the molecule is CCOc1cccc(-c2nc(CO)c(C)[nH]2)c1. The fraction of sp³-hybridized carbons (Fsp3) is 0.308. The van der Waals surface area contributed by atoms with E-state index < -0.39 is 0 Å². The monoisotopic (exact) mass is 232 g/mol. The summed E-state index contributed by atoms with van der Waals surface area (Å²) >= 11 is 0. The Bertz CT molecular complexity index is 506. The number of imidazole rings is 1. The average molecular weight is 232 g/mol. The van der Waals surface area contributed by atoms with Gasteiger partial charge < -0.3 is 14.8 Å². The Morgan fingerprint density at radius 3 is 2.88 bits per heavy atom. The minimum absolute atomic E-state index is 0.0481. The first-order chi connectivity index (χ1) is 8.24. The van der Waals surface area contributed by atoms with Crippen molar-refractivity contribution in [2.24, 2.45) is 0 Å². The Labute approximate surface area is 100 Å². The van der Waals surface area contributed by atoms with Gasteiger partial charge >= 0.3 is 0 Å². The van der Waals surface area contributed by atoms with Crippen molar-refractivity contribution < 1.29 is 9.84 Å². The molecule has 1 heterocycles. The molecule has 0 saturated carbocycles. The molecule has 0 saturated heterocycles. The van der Waals surface area contributed by atoms with Crippen LogP contribution in [0.2, 0.25) is 0 Å². The molecule has 0 bridgehead atoms. The van der Waals surface area contributed by atoms with Gasteiger partial charge in [-0.1, -0.05) is 12.1 Å². The summed E-state index contributed by atoms with van der Waals surface area (Å²) in [6, 6.07) is 7.73. The van der Waals surface area contributed by atoms with Crippen LogP contribution in [0.5, 0.6) is 5.75 Å². The highest BCUT2D eigenvalue weighted by molar-refractivity contribution is 5.58. The Hall–Kier alpha value is -1.81. The predicted molar refractivity (Wildman–Crippen MR) is 65.9 cm³/mol. The van der Waals surface area contributed by atoms with E-state index in [1.54, 1.807) is 0 Å². The third kappa shape index (κ3) is 2.47. The number of aromatic amines is 1. The number of hydrogen-bond acceptors (Lipinski definition) is 3. The molecular formula is C13H16N2O2. The maximum absolute atomic E-state index is 9.11. The number of aryl methyl sites for hydroxylation is 1. The van der Waals surface area contributed by atoms with Crippen LogP contribution in [0.15, 0.2) is 24.3 Å². The van der Waals surface area contributed by atoms with Crippen LogP contribution in [0, 0.1) is 6.92 Å². The molecule has 0 aliphatic carbocycles. The second kappa shape index (κ2) is 5.01. The summed E-state index contributed by atoms with van der Waals surface area (Å²) in [6.45, 7) is 4.44. The molecule has 0 amide bonds. The molecule has 1 aromatic carbocycles. The van der Waals surface area contributed by atoms with Gasteiger partial charge in [-0.05, 0) is 26.0 Å². The van der Waals surface area contributed by atoms with Gasteiger partial charge in [0.2, 0.25) is 0 Å². The lowest BCUT2D eigenvalue weighted by Gasteiger charge is -2.03. The number of aromatic nitrogens is 2. The van der Waals surface area contributed by atoms with E-state index in [2.05, 4.69) is 9.97 Å². The number of rotatable bonds is 4. The third-order valence-electron chi connectivity index (χ3n) is 2.55. The van der Waals surface area contributed by atoms with Crippen LogP contribution in [0.1, 0.15) is 18.3 Å². The highest BCUT2D eigenvalue weighted by Crippen LogP contribution is 2.22. The summed E-state index contributed by atoms with van der Waals surface area (Å²) in [4.78, 5) is 7.49. The van der Waals surface area contributed by atoms with Crippen LogP contribution in [0.4, 0.5) is 0 Å². The van der Waals surface area contributed by atoms with E-state index >= 15 is 0 Å². The minimum atomic E-state index is -0.0481. The number of ether oxygens (including phenoxy) is 1. The van der Waals surface area contributed by atoms with Gasteiger partial charge in [-0.3, -0.25) is 0 Å². The van der Waals surface area contributed by atoms with Crippen LogP contribution in [0.25, 0.3) is 11.4 Å². The molecule has 0 fully saturated rings. The summed E-state index contributed by atoms with van der Waals surface area (Å²) in [5, 5.41) is 9.11. The zero-order valence-corrected chi connectivity index (χ0v) is 10.0. The molecule has 4 nitrogen and oxygen atoms in total. The highest BCUT2D eigenvalue weighted by Gasteiger charge is 2.08. The molecule has 17 heavy (non-hydrogen) atoms. The van der Waals surface area contributed by atoms with Gasteiger partial charge in [0.15, 0.2) is 0 Å². The normalized spacial score (nSPS) is 10.5. The number of nitrogens with one attached hydrogen (secondary N) is 1. The average Bonchev–Trinajstić information content (AvgIpc) is 2.71. The summed E-state index contributed by atoms with van der Waals surface area (Å²) in [7, 11) is 0. The van der Waals surface area contributed by atoms with Crippen LogP contribution in [0.3, 0.4) is 0 Å². The summed E-state index contributed by atoms with van der Waals surface area (Å²) < 4.78 is 5.44. The fourth-order valence-corrected chi connectivity index (χ4v) is 1.69. The van der Waals surface area contributed by atoms with E-state index in [1.165, 1.54) is 0 Å². The Balaban J connectivity index is 2.34. The van der Waals surface area contributed by atoms with Crippen LogP contribution in [-0.4, -0.2) is 21.7 Å². The first-order valence-electron chi connectivity index (χ1n) is 5.64. The molecule has 90 valence electrons. The van der Waals surface area contributed by atoms with Gasteiger partial charge in [0.25, 0.3) is 0 Å². The molecule has 0 radical (unpaired) electrons. The standard InChI is InChI=1S/C13H16N2O2/c1-3-17-11-6-4-5-10(7-11)13-14-9(2)12(8-16)15-13/h4-7,16H,3,8H2,1-2H3,(H,14,15). The van der Waals surface area contributed by atoms with Crippen molar-refractivity contribution in [2.75, 3.05) is 6.61 Å². The van der Waals surface area contributed by atoms with Crippen molar-refractivity contribution in [1.82, 2.24) is 9.97 Å². The van der Waals surface area contributed by atoms with Gasteiger partial charge in [0.1, 0.15) is 11.6 Å². The summed E-state index contributed by atoms with van der Waals surface area (Å²) in [5.74, 6) is 1.58. The number of nitrogens with zero attached hydrogens (tertiary/aromatic N) is 1. The van der Waals surface area contributed by atoms with E-state index in [0.717, 1.165) is 22.8 Å². The lowest BCUT2D eigenvalue weighted by molar-refractivity contribution is 0.276. The Morgan fingerprint density at radius 1 is 1.41 bits per heavy atom. The van der Waals surface area contributed by atoms with Gasteiger partial charge in [-0.15, -0.1) is 0 Å². The van der Waals surface area contributed by atoms with Gasteiger partial charge in [0.05, 0.1) is 18.9 Å². The van der Waals surface area contributed by atoms with E-state index in [0.29, 0.717) is 12.3 Å². The number of benzene rings is 1. The van der Waals surface area contributed by atoms with E-state index in [-0.39, 0.29) is 6.61 Å². The molecule has 2 aromatic rings. The van der Waals surface area contributed by atoms with Crippen LogP contribution >= 0.6 is 0 Å². The molecule has 1 aromatic heterocycles. The number of H-pyrrole nitrogens is 1. The van der Waals surface area contributed by atoms with Crippen molar-refractivity contribution in [3.63, 3.8) is 0 Å². The maximum Gasteiger partial charge on any atom is 0.138 e. The fourth-order valence-electron chi connectivity index (χ4n) is 1.69. The molecular weight excluding hydrogens is 216 g/mol. The molecule has 0 aliphatic heterocycles. The molecule has 0 aliphatic rings. The Kier molecular flexibility index (Phi) is 3.44. The first-order valence-corrected chi connectivity index (χ1v) is 5.64. The van der Waals surface area contributed by atoms with Crippen LogP contribution in [-0.2, 0) is 6.61 Å². The van der Waals surface area contributed by atoms with Crippen molar-refractivity contribution in [1.29, 1.82) is 0 Å². The first kappa shape index (κ1) is 11.7. The molecule has 0 spiro atoms. The molecule has 4 heteroatoms. The Morgan fingerprint density at radius 2 is 2.24 bits per heavy atom. The van der Waals surface area contributed by atoms with Gasteiger partial charge in [-0.25, -0.2) is 4.98 Å². The number of hydrogen-bond donors (Lipinski definition) is 2.